The van der Waals surface area contributed by atoms with Crippen LogP contribution in [0.25, 0.3) is 0 Å². The van der Waals surface area contributed by atoms with Gasteiger partial charge in [0.05, 0.1) is 12.6 Å². The summed E-state index contributed by atoms with van der Waals surface area (Å²) < 4.78 is 0. The van der Waals surface area contributed by atoms with E-state index in [-0.39, 0.29) is 37.2 Å². The van der Waals surface area contributed by atoms with E-state index >= 15 is 0 Å². The number of aliphatic hydroxyl groups is 1. The molecule has 5 heteroatoms. The first-order valence-corrected chi connectivity index (χ1v) is 8.15. The first-order valence-electron chi connectivity index (χ1n) is 7.34. The van der Waals surface area contributed by atoms with Gasteiger partial charge in [0.2, 0.25) is 5.91 Å². The van der Waals surface area contributed by atoms with Gasteiger partial charge in [0, 0.05) is 28.2 Å². The second-order valence-corrected chi connectivity index (χ2v) is 7.29. The molecule has 0 spiro atoms. The van der Waals surface area contributed by atoms with E-state index in [9.17, 15) is 14.7 Å². The Balaban J connectivity index is 2.45. The SMILES string of the molecule is Cc1cc(C(=O)CCC(=O)NC(CO)CC(C)C)c(C)s1. The van der Waals surface area contributed by atoms with Gasteiger partial charge in [-0.3, -0.25) is 9.59 Å². The van der Waals surface area contributed by atoms with Crippen LogP contribution in [0.15, 0.2) is 6.07 Å². The van der Waals surface area contributed by atoms with E-state index in [0.717, 1.165) is 21.7 Å². The monoisotopic (exact) mass is 311 g/mol. The Kier molecular flexibility index (Phi) is 7.05. The van der Waals surface area contributed by atoms with E-state index < -0.39 is 0 Å². The number of hydrogen-bond donors (Lipinski definition) is 2. The third-order valence-electron chi connectivity index (χ3n) is 3.26. The highest BCUT2D eigenvalue weighted by Crippen LogP contribution is 2.22. The molecule has 1 aromatic rings. The topological polar surface area (TPSA) is 66.4 Å². The molecule has 1 amide bonds. The predicted molar refractivity (Wildman–Crippen MR) is 85.8 cm³/mol. The minimum absolute atomic E-state index is 0.0106. The summed E-state index contributed by atoms with van der Waals surface area (Å²) in [7, 11) is 0. The van der Waals surface area contributed by atoms with Crippen LogP contribution in [0.1, 0.15) is 53.2 Å². The fraction of sp³-hybridized carbons (Fsp3) is 0.625. The van der Waals surface area contributed by atoms with Crippen molar-refractivity contribution in [1.82, 2.24) is 5.32 Å². The minimum Gasteiger partial charge on any atom is -0.394 e. The maximum atomic E-state index is 12.1. The Morgan fingerprint density at radius 2 is 1.95 bits per heavy atom. The molecule has 0 aliphatic heterocycles. The number of hydrogen-bond acceptors (Lipinski definition) is 4. The van der Waals surface area contributed by atoms with Crippen LogP contribution in [0.5, 0.6) is 0 Å². The lowest BCUT2D eigenvalue weighted by Crippen LogP contribution is -2.38. The summed E-state index contributed by atoms with van der Waals surface area (Å²) in [5, 5.41) is 12.0. The van der Waals surface area contributed by atoms with Gasteiger partial charge in [-0.1, -0.05) is 13.8 Å². The van der Waals surface area contributed by atoms with Crippen LogP contribution in [0.2, 0.25) is 0 Å². The highest BCUT2D eigenvalue weighted by atomic mass is 32.1. The van der Waals surface area contributed by atoms with Crippen molar-refractivity contribution >= 4 is 23.0 Å². The Hall–Kier alpha value is -1.20. The Morgan fingerprint density at radius 1 is 1.29 bits per heavy atom. The summed E-state index contributed by atoms with van der Waals surface area (Å²) in [6.07, 6.45) is 1.11. The number of ketones is 1. The number of Topliss-reactive ketones (excluding diaryl/α,β-unsaturated/α-hetero) is 1. The average molecular weight is 311 g/mol. The summed E-state index contributed by atoms with van der Waals surface area (Å²) >= 11 is 1.60. The van der Waals surface area contributed by atoms with Crippen molar-refractivity contribution in [1.29, 1.82) is 0 Å². The highest BCUT2D eigenvalue weighted by molar-refractivity contribution is 7.12. The molecule has 0 aliphatic carbocycles. The molecule has 0 aromatic carbocycles. The van der Waals surface area contributed by atoms with Gasteiger partial charge in [-0.25, -0.2) is 0 Å². The number of rotatable bonds is 8. The fourth-order valence-corrected chi connectivity index (χ4v) is 3.26. The fourth-order valence-electron chi connectivity index (χ4n) is 2.32. The maximum Gasteiger partial charge on any atom is 0.220 e. The largest absolute Gasteiger partial charge is 0.394 e. The normalized spacial score (nSPS) is 12.5. The second-order valence-electron chi connectivity index (χ2n) is 5.83. The molecular formula is C16H25NO3S. The van der Waals surface area contributed by atoms with Crippen molar-refractivity contribution < 1.29 is 14.7 Å². The number of carbonyl (C=O) groups is 2. The van der Waals surface area contributed by atoms with Crippen molar-refractivity contribution in [3.63, 3.8) is 0 Å². The van der Waals surface area contributed by atoms with Crippen LogP contribution in [0.3, 0.4) is 0 Å². The molecule has 118 valence electrons. The predicted octanol–water partition coefficient (Wildman–Crippen LogP) is 2.85. The lowest BCUT2D eigenvalue weighted by atomic mass is 10.0. The molecule has 1 atom stereocenters. The Labute approximate surface area is 130 Å². The summed E-state index contributed by atoms with van der Waals surface area (Å²) in [5.41, 5.74) is 0.728. The molecule has 4 nitrogen and oxygen atoms in total. The van der Waals surface area contributed by atoms with Crippen molar-refractivity contribution in [2.75, 3.05) is 6.61 Å². The van der Waals surface area contributed by atoms with Crippen LogP contribution in [0, 0.1) is 19.8 Å². The molecule has 0 saturated heterocycles. The number of aliphatic hydroxyl groups excluding tert-OH is 1. The Morgan fingerprint density at radius 3 is 2.43 bits per heavy atom. The van der Waals surface area contributed by atoms with E-state index in [2.05, 4.69) is 5.32 Å². The smallest absolute Gasteiger partial charge is 0.220 e. The lowest BCUT2D eigenvalue weighted by Gasteiger charge is -2.18. The van der Waals surface area contributed by atoms with E-state index in [4.69, 9.17) is 0 Å². The van der Waals surface area contributed by atoms with Gasteiger partial charge in [-0.15, -0.1) is 11.3 Å². The molecule has 0 fully saturated rings. The zero-order chi connectivity index (χ0) is 16.0. The molecule has 1 unspecified atom stereocenters. The summed E-state index contributed by atoms with van der Waals surface area (Å²) in [4.78, 5) is 26.1. The van der Waals surface area contributed by atoms with Crippen molar-refractivity contribution in [2.45, 2.75) is 53.0 Å². The van der Waals surface area contributed by atoms with Gasteiger partial charge in [0.1, 0.15) is 0 Å². The van der Waals surface area contributed by atoms with Crippen molar-refractivity contribution in [3.05, 3.63) is 21.4 Å². The van der Waals surface area contributed by atoms with Gasteiger partial charge in [0.25, 0.3) is 0 Å². The average Bonchev–Trinajstić information content (AvgIpc) is 2.73. The third kappa shape index (κ3) is 5.98. The van der Waals surface area contributed by atoms with Crippen molar-refractivity contribution in [2.24, 2.45) is 5.92 Å². The number of amides is 1. The third-order valence-corrected chi connectivity index (χ3v) is 4.23. The zero-order valence-electron chi connectivity index (χ0n) is 13.2. The highest BCUT2D eigenvalue weighted by Gasteiger charge is 2.16. The maximum absolute atomic E-state index is 12.1. The molecule has 2 N–H and O–H groups in total. The minimum atomic E-state index is -0.224. The molecule has 0 aliphatic rings. The molecule has 0 bridgehead atoms. The van der Waals surface area contributed by atoms with Crippen LogP contribution >= 0.6 is 11.3 Å². The number of nitrogens with one attached hydrogen (secondary N) is 1. The van der Waals surface area contributed by atoms with Crippen LogP contribution < -0.4 is 5.32 Å². The van der Waals surface area contributed by atoms with Gasteiger partial charge in [0.15, 0.2) is 5.78 Å². The number of carbonyl (C=O) groups excluding carboxylic acids is 2. The summed E-state index contributed by atoms with van der Waals surface area (Å²) in [5.74, 6) is 0.240. The zero-order valence-corrected chi connectivity index (χ0v) is 14.0. The first kappa shape index (κ1) is 17.9. The standard InChI is InChI=1S/C16H25NO3S/c1-10(2)7-13(9-18)17-16(20)6-5-15(19)14-8-11(3)21-12(14)4/h8,10,13,18H,5-7,9H2,1-4H3,(H,17,20). The van der Waals surface area contributed by atoms with Gasteiger partial charge < -0.3 is 10.4 Å². The molecular weight excluding hydrogens is 286 g/mol. The number of aryl methyl sites for hydroxylation is 2. The molecule has 1 aromatic heterocycles. The molecule has 1 heterocycles. The first-order chi connectivity index (χ1) is 9.83. The van der Waals surface area contributed by atoms with E-state index in [0.29, 0.717) is 5.92 Å². The van der Waals surface area contributed by atoms with Gasteiger partial charge in [-0.2, -0.15) is 0 Å². The molecule has 1 rings (SSSR count). The van der Waals surface area contributed by atoms with E-state index in [1.807, 2.05) is 33.8 Å². The molecule has 0 saturated carbocycles. The quantitative estimate of drug-likeness (QED) is 0.726. The van der Waals surface area contributed by atoms with E-state index in [1.54, 1.807) is 11.3 Å². The van der Waals surface area contributed by atoms with E-state index in [1.165, 1.54) is 0 Å². The molecule has 0 radical (unpaired) electrons. The second kappa shape index (κ2) is 8.29. The van der Waals surface area contributed by atoms with Crippen LogP contribution in [-0.2, 0) is 4.79 Å². The molecule has 21 heavy (non-hydrogen) atoms. The lowest BCUT2D eigenvalue weighted by molar-refractivity contribution is -0.122. The van der Waals surface area contributed by atoms with Crippen molar-refractivity contribution in [3.8, 4) is 0 Å². The van der Waals surface area contributed by atoms with Crippen LogP contribution in [-0.4, -0.2) is 29.4 Å². The summed E-state index contributed by atoms with van der Waals surface area (Å²) in [6.45, 7) is 7.91. The van der Waals surface area contributed by atoms with Gasteiger partial charge in [-0.05, 0) is 32.3 Å². The van der Waals surface area contributed by atoms with Crippen LogP contribution in [0.4, 0.5) is 0 Å². The summed E-state index contributed by atoms with van der Waals surface area (Å²) in [6, 6.07) is 1.66. The van der Waals surface area contributed by atoms with Gasteiger partial charge >= 0.3 is 0 Å². The number of thiophene rings is 1. The Bertz CT molecular complexity index is 494.